The lowest BCUT2D eigenvalue weighted by Crippen LogP contribution is -2.47. The summed E-state index contributed by atoms with van der Waals surface area (Å²) in [4.78, 5) is 22.6. The van der Waals surface area contributed by atoms with E-state index in [0.29, 0.717) is 0 Å². The number of nitrogens with one attached hydrogen (secondary N) is 1. The van der Waals surface area contributed by atoms with Gasteiger partial charge in [-0.1, -0.05) is 30.3 Å². The van der Waals surface area contributed by atoms with E-state index in [1.807, 2.05) is 0 Å². The lowest BCUT2D eigenvalue weighted by atomic mass is 10.1. The maximum atomic E-state index is 13.1. The van der Waals surface area contributed by atoms with Crippen LogP contribution in [0.25, 0.3) is 0 Å². The Bertz CT molecular complexity index is 705. The third kappa shape index (κ3) is 6.02. The van der Waals surface area contributed by atoms with E-state index < -0.39 is 45.9 Å². The Morgan fingerprint density at radius 3 is 2.24 bits per heavy atom. The molecule has 0 aliphatic carbocycles. The summed E-state index contributed by atoms with van der Waals surface area (Å²) in [5, 5.41) is 6.01. The van der Waals surface area contributed by atoms with Gasteiger partial charge in [-0.05, 0) is 12.5 Å². The van der Waals surface area contributed by atoms with E-state index in [1.54, 1.807) is 0 Å². The van der Waals surface area contributed by atoms with Crippen molar-refractivity contribution in [3.05, 3.63) is 35.9 Å². The van der Waals surface area contributed by atoms with Gasteiger partial charge < -0.3 is 9.84 Å². The lowest BCUT2D eigenvalue weighted by Gasteiger charge is -2.23. The van der Waals surface area contributed by atoms with Crippen molar-refractivity contribution in [1.29, 1.82) is 0 Å². The quantitative estimate of drug-likeness (QED) is 0.660. The molecule has 0 spiro atoms. The topological polar surface area (TPSA) is 110 Å². The number of carboxylic acids is 1. The number of carboxylic acid groups (broad SMARTS) is 1. The van der Waals surface area contributed by atoms with Crippen molar-refractivity contribution in [2.75, 3.05) is 6.61 Å². The fourth-order valence-corrected chi connectivity index (χ4v) is 3.36. The molecule has 0 amide bonds. The molecule has 0 saturated heterocycles. The molecule has 7 nitrogen and oxygen atoms in total. The highest BCUT2D eigenvalue weighted by atomic mass is 32.2. The van der Waals surface area contributed by atoms with E-state index in [1.165, 1.54) is 42.0 Å². The largest absolute Gasteiger partial charge is 0.480 e. The van der Waals surface area contributed by atoms with Crippen LogP contribution in [0, 0.1) is 0 Å². The normalized spacial score (nSPS) is 14.6. The number of carbonyl (C=O) groups excluding carboxylic acids is 1. The van der Waals surface area contributed by atoms with E-state index in [4.69, 9.17) is 5.11 Å². The van der Waals surface area contributed by atoms with E-state index in [-0.39, 0.29) is 12.2 Å². The molecular weight excluding hydrogens is 367 g/mol. The van der Waals surface area contributed by atoms with Crippen molar-refractivity contribution in [3.8, 4) is 0 Å². The molecular formula is C14H16F3NO6S. The molecule has 0 heterocycles. The first-order valence-corrected chi connectivity index (χ1v) is 8.55. The van der Waals surface area contributed by atoms with Crippen LogP contribution in [0.2, 0.25) is 0 Å². The SMILES string of the molecule is CCOC(=O)CC(C(F)(F)F)S(=O)(=O)N[C@@H](C(=O)O)c1ccccc1. The van der Waals surface area contributed by atoms with Gasteiger partial charge in [0.05, 0.1) is 13.0 Å². The number of halogens is 3. The van der Waals surface area contributed by atoms with Crippen molar-refractivity contribution < 1.29 is 41.0 Å². The van der Waals surface area contributed by atoms with Gasteiger partial charge in [0.15, 0.2) is 5.25 Å². The molecule has 0 bridgehead atoms. The summed E-state index contributed by atoms with van der Waals surface area (Å²) in [6.45, 7) is 1.13. The van der Waals surface area contributed by atoms with E-state index >= 15 is 0 Å². The molecule has 1 aromatic carbocycles. The van der Waals surface area contributed by atoms with Gasteiger partial charge in [-0.3, -0.25) is 9.59 Å². The Morgan fingerprint density at radius 1 is 1.24 bits per heavy atom. The van der Waals surface area contributed by atoms with Crippen LogP contribution in [-0.2, 0) is 24.3 Å². The Labute approximate surface area is 141 Å². The van der Waals surface area contributed by atoms with Crippen LogP contribution in [0.15, 0.2) is 30.3 Å². The maximum Gasteiger partial charge on any atom is 0.407 e. The number of aliphatic carboxylic acids is 1. The number of carbonyl (C=O) groups is 2. The van der Waals surface area contributed by atoms with Gasteiger partial charge in [0.1, 0.15) is 6.04 Å². The van der Waals surface area contributed by atoms with E-state index in [0.717, 1.165) is 0 Å². The molecule has 1 aromatic rings. The molecule has 0 saturated carbocycles. The van der Waals surface area contributed by atoms with Crippen molar-refractivity contribution in [2.45, 2.75) is 30.8 Å². The van der Waals surface area contributed by atoms with Gasteiger partial charge in [-0.15, -0.1) is 0 Å². The first-order valence-electron chi connectivity index (χ1n) is 7.00. The highest BCUT2D eigenvalue weighted by molar-refractivity contribution is 7.90. The van der Waals surface area contributed by atoms with Gasteiger partial charge >= 0.3 is 18.1 Å². The van der Waals surface area contributed by atoms with Gasteiger partial charge in [0.2, 0.25) is 10.0 Å². The van der Waals surface area contributed by atoms with Crippen LogP contribution in [0.3, 0.4) is 0 Å². The molecule has 0 radical (unpaired) electrons. The van der Waals surface area contributed by atoms with Crippen LogP contribution in [0.5, 0.6) is 0 Å². The zero-order valence-corrected chi connectivity index (χ0v) is 13.8. The summed E-state index contributed by atoms with van der Waals surface area (Å²) in [5.74, 6) is -3.05. The smallest absolute Gasteiger partial charge is 0.407 e. The molecule has 1 rings (SSSR count). The minimum Gasteiger partial charge on any atom is -0.480 e. The molecule has 25 heavy (non-hydrogen) atoms. The van der Waals surface area contributed by atoms with Crippen LogP contribution in [0.1, 0.15) is 24.9 Å². The zero-order valence-electron chi connectivity index (χ0n) is 13.0. The van der Waals surface area contributed by atoms with Crippen LogP contribution >= 0.6 is 0 Å². The minimum absolute atomic E-state index is 0.0596. The molecule has 0 fully saturated rings. The van der Waals surface area contributed by atoms with Gasteiger partial charge in [0, 0.05) is 0 Å². The highest BCUT2D eigenvalue weighted by Crippen LogP contribution is 2.30. The van der Waals surface area contributed by atoms with Crippen LogP contribution < -0.4 is 4.72 Å². The molecule has 11 heteroatoms. The third-order valence-electron chi connectivity index (χ3n) is 3.06. The summed E-state index contributed by atoms with van der Waals surface area (Å²) >= 11 is 0. The summed E-state index contributed by atoms with van der Waals surface area (Å²) in [5.41, 5.74) is -0.0596. The Balaban J connectivity index is 3.15. The first kappa shape index (κ1) is 20.9. The fraction of sp³-hybridized carbons (Fsp3) is 0.429. The summed E-state index contributed by atoms with van der Waals surface area (Å²) < 4.78 is 69.4. The summed E-state index contributed by atoms with van der Waals surface area (Å²) in [6.07, 6.45) is -6.77. The number of ether oxygens (including phenoxy) is 1. The second-order valence-corrected chi connectivity index (χ2v) is 6.78. The maximum absolute atomic E-state index is 13.1. The number of hydrogen-bond donors (Lipinski definition) is 2. The number of benzene rings is 1. The third-order valence-corrected chi connectivity index (χ3v) is 4.81. The number of rotatable bonds is 8. The Morgan fingerprint density at radius 2 is 1.80 bits per heavy atom. The second-order valence-electron chi connectivity index (χ2n) is 4.88. The van der Waals surface area contributed by atoms with Crippen molar-refractivity contribution >= 4 is 22.0 Å². The predicted molar refractivity (Wildman–Crippen MR) is 80.0 cm³/mol. The standard InChI is InChI=1S/C14H16F3NO6S/c1-2-24-11(19)8-10(14(15,16)17)25(22,23)18-12(13(20)21)9-6-4-3-5-7-9/h3-7,10,12,18H,2,8H2,1H3,(H,20,21)/t10?,12-/m1/s1. The molecule has 2 N–H and O–H groups in total. The minimum atomic E-state index is -5.29. The number of sulfonamides is 1. The predicted octanol–water partition coefficient (Wildman–Crippen LogP) is 1.62. The molecule has 140 valence electrons. The zero-order chi connectivity index (χ0) is 19.3. The van der Waals surface area contributed by atoms with Crippen LogP contribution in [0.4, 0.5) is 13.2 Å². The first-order chi connectivity index (χ1) is 11.5. The van der Waals surface area contributed by atoms with Crippen LogP contribution in [-0.4, -0.2) is 43.5 Å². The van der Waals surface area contributed by atoms with Gasteiger partial charge in [-0.25, -0.2) is 8.42 Å². The molecule has 0 aromatic heterocycles. The lowest BCUT2D eigenvalue weighted by molar-refractivity contribution is -0.155. The fourth-order valence-electron chi connectivity index (χ4n) is 1.93. The highest BCUT2D eigenvalue weighted by Gasteiger charge is 2.51. The van der Waals surface area contributed by atoms with Crippen molar-refractivity contribution in [2.24, 2.45) is 0 Å². The van der Waals surface area contributed by atoms with E-state index in [2.05, 4.69) is 4.74 Å². The van der Waals surface area contributed by atoms with Gasteiger partial charge in [-0.2, -0.15) is 17.9 Å². The molecule has 0 aliphatic rings. The number of hydrogen-bond acceptors (Lipinski definition) is 5. The second kappa shape index (κ2) is 8.30. The number of alkyl halides is 3. The average Bonchev–Trinajstić information content (AvgIpc) is 2.50. The Kier molecular flexibility index (Phi) is 6.94. The molecule has 0 aliphatic heterocycles. The molecule has 1 unspecified atom stereocenters. The molecule has 2 atom stereocenters. The Hall–Kier alpha value is -2.14. The average molecular weight is 383 g/mol. The van der Waals surface area contributed by atoms with E-state index in [9.17, 15) is 31.2 Å². The summed E-state index contributed by atoms with van der Waals surface area (Å²) in [7, 11) is -5.24. The number of esters is 1. The van der Waals surface area contributed by atoms with Crippen molar-refractivity contribution in [1.82, 2.24) is 4.72 Å². The monoisotopic (exact) mass is 383 g/mol. The van der Waals surface area contributed by atoms with Gasteiger partial charge in [0.25, 0.3) is 0 Å². The van der Waals surface area contributed by atoms with Crippen molar-refractivity contribution in [3.63, 3.8) is 0 Å². The summed E-state index contributed by atoms with van der Waals surface area (Å²) in [6, 6.07) is 4.89.